The minimum atomic E-state index is -3.49. The molecule has 1 aliphatic heterocycles. The van der Waals surface area contributed by atoms with Gasteiger partial charge in [0.2, 0.25) is 5.91 Å². The summed E-state index contributed by atoms with van der Waals surface area (Å²) in [6.45, 7) is 1.08. The average molecular weight is 452 g/mol. The van der Waals surface area contributed by atoms with E-state index in [2.05, 4.69) is 5.32 Å². The summed E-state index contributed by atoms with van der Waals surface area (Å²) < 4.78 is 32.3. The number of anilines is 1. The molecule has 8 nitrogen and oxygen atoms in total. The number of ether oxygens (including phenoxy) is 1. The van der Waals surface area contributed by atoms with Gasteiger partial charge in [0.05, 0.1) is 19.2 Å². The number of hydrogen-bond acceptors (Lipinski definition) is 6. The van der Waals surface area contributed by atoms with Gasteiger partial charge >= 0.3 is 0 Å². The maximum absolute atomic E-state index is 12.6. The van der Waals surface area contributed by atoms with Crippen LogP contribution in [0.4, 0.5) is 5.69 Å². The first kappa shape index (κ1) is 22.3. The predicted molar refractivity (Wildman–Crippen MR) is 116 cm³/mol. The molecule has 1 fully saturated rings. The van der Waals surface area contributed by atoms with Gasteiger partial charge in [0, 0.05) is 37.6 Å². The molecule has 2 amide bonds. The number of methoxy groups -OCH3 is 1. The van der Waals surface area contributed by atoms with Gasteiger partial charge in [-0.25, -0.2) is 8.42 Å². The Bertz CT molecular complexity index is 1040. The zero-order chi connectivity index (χ0) is 21.9. The van der Waals surface area contributed by atoms with E-state index < -0.39 is 10.0 Å². The molecule has 0 saturated carbocycles. The van der Waals surface area contributed by atoms with Crippen molar-refractivity contribution in [2.45, 2.75) is 23.5 Å². The highest BCUT2D eigenvalue weighted by atomic mass is 32.2. The summed E-state index contributed by atoms with van der Waals surface area (Å²) in [5.74, 6) is -0.0833. The Labute approximate surface area is 180 Å². The Morgan fingerprint density at radius 3 is 2.50 bits per heavy atom. The van der Waals surface area contributed by atoms with Crippen LogP contribution in [0.3, 0.4) is 0 Å². The predicted octanol–water partition coefficient (Wildman–Crippen LogP) is 2.42. The summed E-state index contributed by atoms with van der Waals surface area (Å²) in [7, 11) is 1.29. The number of amides is 2. The lowest BCUT2D eigenvalue weighted by molar-refractivity contribution is -0.115. The fourth-order valence-electron chi connectivity index (χ4n) is 3.20. The molecule has 1 aromatic carbocycles. The van der Waals surface area contributed by atoms with Crippen LogP contribution in [0.5, 0.6) is 5.75 Å². The van der Waals surface area contributed by atoms with Crippen molar-refractivity contribution in [2.75, 3.05) is 39.6 Å². The van der Waals surface area contributed by atoms with Crippen LogP contribution in [0, 0.1) is 0 Å². The number of carbonyl (C=O) groups is 2. The van der Waals surface area contributed by atoms with Gasteiger partial charge in [0.15, 0.2) is 0 Å². The molecular weight excluding hydrogens is 426 g/mol. The zero-order valence-electron chi connectivity index (χ0n) is 17.2. The van der Waals surface area contributed by atoms with Crippen LogP contribution < -0.4 is 10.1 Å². The Balaban J connectivity index is 1.72. The van der Waals surface area contributed by atoms with E-state index in [-0.39, 0.29) is 22.4 Å². The topological polar surface area (TPSA) is 96.0 Å². The standard InChI is InChI=1S/C20H25N3O5S2/c1-22(2)20(25)14-6-8-17(28-3)16(12-14)21-18(24)13-15-7-9-19(29-15)30(26,27)23-10-4-5-11-23/h6-9,12H,4-5,10-11,13H2,1-3H3,(H,21,24). The molecule has 1 saturated heterocycles. The van der Waals surface area contributed by atoms with E-state index in [0.717, 1.165) is 24.2 Å². The number of benzene rings is 1. The van der Waals surface area contributed by atoms with Gasteiger partial charge in [0.25, 0.3) is 15.9 Å². The van der Waals surface area contributed by atoms with Crippen LogP contribution in [0.1, 0.15) is 28.1 Å². The summed E-state index contributed by atoms with van der Waals surface area (Å²) >= 11 is 1.10. The van der Waals surface area contributed by atoms with Crippen molar-refractivity contribution in [3.63, 3.8) is 0 Å². The van der Waals surface area contributed by atoms with Gasteiger partial charge in [-0.05, 0) is 43.2 Å². The van der Waals surface area contributed by atoms with E-state index >= 15 is 0 Å². The van der Waals surface area contributed by atoms with E-state index in [9.17, 15) is 18.0 Å². The van der Waals surface area contributed by atoms with E-state index in [0.29, 0.717) is 35.0 Å². The van der Waals surface area contributed by atoms with Crippen molar-refractivity contribution in [3.8, 4) is 5.75 Å². The number of thiophene rings is 1. The maximum Gasteiger partial charge on any atom is 0.253 e. The third kappa shape index (κ3) is 4.82. The van der Waals surface area contributed by atoms with Crippen molar-refractivity contribution >= 4 is 38.9 Å². The monoisotopic (exact) mass is 451 g/mol. The van der Waals surface area contributed by atoms with Gasteiger partial charge in [-0.15, -0.1) is 11.3 Å². The number of nitrogens with one attached hydrogen (secondary N) is 1. The number of rotatable bonds is 7. The first-order chi connectivity index (χ1) is 14.2. The van der Waals surface area contributed by atoms with E-state index in [1.54, 1.807) is 44.4 Å². The van der Waals surface area contributed by atoms with Crippen molar-refractivity contribution in [1.82, 2.24) is 9.21 Å². The molecule has 1 aliphatic rings. The van der Waals surface area contributed by atoms with Crippen molar-refractivity contribution in [3.05, 3.63) is 40.8 Å². The minimum Gasteiger partial charge on any atom is -0.495 e. The maximum atomic E-state index is 12.6. The normalized spacial score (nSPS) is 14.5. The minimum absolute atomic E-state index is 0.0230. The Hall–Kier alpha value is -2.43. The molecular formula is C20H25N3O5S2. The Morgan fingerprint density at radius 2 is 1.87 bits per heavy atom. The summed E-state index contributed by atoms with van der Waals surface area (Å²) in [6.07, 6.45) is 1.77. The summed E-state index contributed by atoms with van der Waals surface area (Å²) in [5, 5.41) is 2.76. The molecule has 0 radical (unpaired) electrons. The second kappa shape index (κ2) is 9.15. The van der Waals surface area contributed by atoms with Crippen LogP contribution in [-0.4, -0.2) is 63.7 Å². The van der Waals surface area contributed by atoms with Crippen LogP contribution in [0.15, 0.2) is 34.5 Å². The van der Waals surface area contributed by atoms with Crippen molar-refractivity contribution in [2.24, 2.45) is 0 Å². The first-order valence-electron chi connectivity index (χ1n) is 9.51. The van der Waals surface area contributed by atoms with E-state index in [1.807, 2.05) is 0 Å². The van der Waals surface area contributed by atoms with Gasteiger partial charge in [0.1, 0.15) is 9.96 Å². The number of nitrogens with zero attached hydrogens (tertiary/aromatic N) is 2. The molecule has 2 heterocycles. The van der Waals surface area contributed by atoms with Crippen molar-refractivity contribution in [1.29, 1.82) is 0 Å². The quantitative estimate of drug-likeness (QED) is 0.698. The smallest absolute Gasteiger partial charge is 0.253 e. The highest BCUT2D eigenvalue weighted by Gasteiger charge is 2.28. The Morgan fingerprint density at radius 1 is 1.17 bits per heavy atom. The molecule has 0 atom stereocenters. The van der Waals surface area contributed by atoms with Gasteiger partial charge in [-0.1, -0.05) is 0 Å². The molecule has 2 aromatic rings. The summed E-state index contributed by atoms with van der Waals surface area (Å²) in [6, 6.07) is 8.04. The van der Waals surface area contributed by atoms with E-state index in [4.69, 9.17) is 4.74 Å². The molecule has 0 spiro atoms. The van der Waals surface area contributed by atoms with Gasteiger partial charge in [-0.3, -0.25) is 9.59 Å². The van der Waals surface area contributed by atoms with Gasteiger partial charge < -0.3 is 15.0 Å². The molecule has 1 N–H and O–H groups in total. The second-order valence-electron chi connectivity index (χ2n) is 7.17. The van der Waals surface area contributed by atoms with E-state index in [1.165, 1.54) is 16.3 Å². The first-order valence-corrected chi connectivity index (χ1v) is 11.8. The van der Waals surface area contributed by atoms with Crippen LogP contribution >= 0.6 is 11.3 Å². The van der Waals surface area contributed by atoms with Crippen molar-refractivity contribution < 1.29 is 22.7 Å². The largest absolute Gasteiger partial charge is 0.495 e. The number of hydrogen-bond donors (Lipinski definition) is 1. The number of sulfonamides is 1. The lowest BCUT2D eigenvalue weighted by Gasteiger charge is -2.14. The lowest BCUT2D eigenvalue weighted by atomic mass is 10.1. The van der Waals surface area contributed by atoms with Gasteiger partial charge in [-0.2, -0.15) is 4.31 Å². The lowest BCUT2D eigenvalue weighted by Crippen LogP contribution is -2.27. The highest BCUT2D eigenvalue weighted by molar-refractivity contribution is 7.91. The molecule has 162 valence electrons. The molecule has 0 unspecified atom stereocenters. The number of carbonyl (C=O) groups excluding carboxylic acids is 2. The van der Waals surface area contributed by atoms with Crippen LogP contribution in [0.2, 0.25) is 0 Å². The molecule has 10 heteroatoms. The molecule has 0 aliphatic carbocycles. The average Bonchev–Trinajstić information content (AvgIpc) is 3.40. The zero-order valence-corrected chi connectivity index (χ0v) is 18.8. The fourth-order valence-corrected chi connectivity index (χ4v) is 6.22. The highest BCUT2D eigenvalue weighted by Crippen LogP contribution is 2.29. The molecule has 30 heavy (non-hydrogen) atoms. The van der Waals surface area contributed by atoms with Crippen LogP contribution in [-0.2, 0) is 21.2 Å². The molecule has 0 bridgehead atoms. The molecule has 3 rings (SSSR count). The third-order valence-electron chi connectivity index (χ3n) is 4.76. The second-order valence-corrected chi connectivity index (χ2v) is 10.5. The molecule has 1 aromatic heterocycles. The SMILES string of the molecule is COc1ccc(C(=O)N(C)C)cc1NC(=O)Cc1ccc(S(=O)(=O)N2CCCC2)s1. The fraction of sp³-hybridized carbons (Fsp3) is 0.400. The van der Waals surface area contributed by atoms with Crippen LogP contribution in [0.25, 0.3) is 0 Å². The summed E-state index contributed by atoms with van der Waals surface area (Å²) in [4.78, 5) is 26.8. The third-order valence-corrected chi connectivity index (χ3v) is 8.21. The Kier molecular flexibility index (Phi) is 6.79. The summed E-state index contributed by atoms with van der Waals surface area (Å²) in [5.41, 5.74) is 0.808.